The highest BCUT2D eigenvalue weighted by atomic mass is 32.1. The van der Waals surface area contributed by atoms with E-state index in [4.69, 9.17) is 5.73 Å². The highest BCUT2D eigenvalue weighted by molar-refractivity contribution is 7.16. The molecule has 0 aliphatic rings. The van der Waals surface area contributed by atoms with E-state index in [1.165, 1.54) is 11.3 Å². The molecule has 0 atom stereocenters. The largest absolute Gasteiger partial charge is 0.382 e. The Bertz CT molecular complexity index is 1150. The lowest BCUT2D eigenvalue weighted by Crippen LogP contribution is -2.12. The number of amides is 1. The van der Waals surface area contributed by atoms with Crippen molar-refractivity contribution in [2.24, 2.45) is 5.73 Å². The summed E-state index contributed by atoms with van der Waals surface area (Å²) in [5.74, 6) is 0.174. The number of anilines is 3. The second-order valence-corrected chi connectivity index (χ2v) is 8.22. The lowest BCUT2D eigenvalue weighted by molar-refractivity contribution is 0.0996. The summed E-state index contributed by atoms with van der Waals surface area (Å²) >= 11 is 2.97. The smallest absolute Gasteiger partial charge is 0.268 e. The second kappa shape index (κ2) is 7.53. The first-order valence-corrected chi connectivity index (χ1v) is 10.4. The topological polar surface area (TPSA) is 106 Å². The van der Waals surface area contributed by atoms with E-state index in [9.17, 15) is 4.79 Å². The summed E-state index contributed by atoms with van der Waals surface area (Å²) in [6.45, 7) is 4.12. The van der Waals surface area contributed by atoms with Gasteiger partial charge in [0.25, 0.3) is 5.91 Å². The van der Waals surface area contributed by atoms with Crippen LogP contribution in [0.1, 0.15) is 24.3 Å². The number of carbonyl (C=O) groups is 1. The SMILES string of the molecule is CC(C)Nc1cc(Nc2ccc3ncsc3c2)ncc1-c1nc(C(N)=O)cs1. The second-order valence-electron chi connectivity index (χ2n) is 6.48. The Morgan fingerprint density at radius 2 is 2.04 bits per heavy atom. The normalized spacial score (nSPS) is 11.1. The van der Waals surface area contributed by atoms with Crippen LogP contribution in [0.15, 0.2) is 41.4 Å². The van der Waals surface area contributed by atoms with Crippen LogP contribution in [0.3, 0.4) is 0 Å². The fourth-order valence-electron chi connectivity index (χ4n) is 2.72. The molecule has 7 nitrogen and oxygen atoms in total. The van der Waals surface area contributed by atoms with E-state index in [0.29, 0.717) is 10.8 Å². The summed E-state index contributed by atoms with van der Waals surface area (Å²) in [5, 5.41) is 9.12. The van der Waals surface area contributed by atoms with Gasteiger partial charge in [0.15, 0.2) is 0 Å². The molecule has 28 heavy (non-hydrogen) atoms. The van der Waals surface area contributed by atoms with Crippen LogP contribution in [-0.4, -0.2) is 26.9 Å². The van der Waals surface area contributed by atoms with Gasteiger partial charge < -0.3 is 16.4 Å². The average Bonchev–Trinajstić information content (AvgIpc) is 3.30. The zero-order chi connectivity index (χ0) is 19.7. The molecule has 4 aromatic rings. The number of hydrogen-bond donors (Lipinski definition) is 3. The molecule has 0 fully saturated rings. The monoisotopic (exact) mass is 410 g/mol. The van der Waals surface area contributed by atoms with Crippen molar-refractivity contribution in [1.82, 2.24) is 15.0 Å². The van der Waals surface area contributed by atoms with Crippen molar-refractivity contribution >= 4 is 56.0 Å². The summed E-state index contributed by atoms with van der Waals surface area (Å²) in [6, 6.07) is 8.18. The Morgan fingerprint density at radius 1 is 1.18 bits per heavy atom. The number of nitrogens with one attached hydrogen (secondary N) is 2. The third kappa shape index (κ3) is 3.80. The first-order chi connectivity index (χ1) is 13.5. The summed E-state index contributed by atoms with van der Waals surface area (Å²) < 4.78 is 1.11. The van der Waals surface area contributed by atoms with Crippen molar-refractivity contribution in [3.63, 3.8) is 0 Å². The fraction of sp³-hybridized carbons (Fsp3) is 0.158. The summed E-state index contributed by atoms with van der Waals surface area (Å²) in [5.41, 5.74) is 11.1. The van der Waals surface area contributed by atoms with Crippen molar-refractivity contribution < 1.29 is 4.79 Å². The van der Waals surface area contributed by atoms with Gasteiger partial charge >= 0.3 is 0 Å². The van der Waals surface area contributed by atoms with Gasteiger partial charge in [0, 0.05) is 35.1 Å². The maximum Gasteiger partial charge on any atom is 0.268 e. The van der Waals surface area contributed by atoms with Gasteiger partial charge in [-0.2, -0.15) is 0 Å². The predicted molar refractivity (Wildman–Crippen MR) is 116 cm³/mol. The Balaban J connectivity index is 1.67. The van der Waals surface area contributed by atoms with Gasteiger partial charge in [-0.3, -0.25) is 4.79 Å². The Kier molecular flexibility index (Phi) is 4.93. The molecular weight excluding hydrogens is 392 g/mol. The number of fused-ring (bicyclic) bond motifs is 1. The molecule has 0 aliphatic carbocycles. The van der Waals surface area contributed by atoms with Crippen LogP contribution in [-0.2, 0) is 0 Å². The van der Waals surface area contributed by atoms with Gasteiger partial charge in [0.05, 0.1) is 21.3 Å². The van der Waals surface area contributed by atoms with E-state index in [0.717, 1.165) is 27.2 Å². The molecular formula is C19H18N6OS2. The number of thiazole rings is 2. The predicted octanol–water partition coefficient (Wildman–Crippen LogP) is 4.48. The van der Waals surface area contributed by atoms with Gasteiger partial charge in [-0.15, -0.1) is 22.7 Å². The average molecular weight is 411 g/mol. The molecule has 0 saturated carbocycles. The lowest BCUT2D eigenvalue weighted by Gasteiger charge is -2.15. The third-order valence-electron chi connectivity index (χ3n) is 3.94. The van der Waals surface area contributed by atoms with E-state index in [2.05, 4.69) is 45.5 Å². The van der Waals surface area contributed by atoms with E-state index >= 15 is 0 Å². The lowest BCUT2D eigenvalue weighted by atomic mass is 10.2. The molecule has 0 aliphatic heterocycles. The fourth-order valence-corrected chi connectivity index (χ4v) is 4.27. The molecule has 0 bridgehead atoms. The van der Waals surface area contributed by atoms with E-state index in [-0.39, 0.29) is 11.7 Å². The van der Waals surface area contributed by atoms with Crippen LogP contribution in [0.5, 0.6) is 0 Å². The van der Waals surface area contributed by atoms with Crippen molar-refractivity contribution in [1.29, 1.82) is 0 Å². The number of carbonyl (C=O) groups excluding carboxylic acids is 1. The minimum atomic E-state index is -0.537. The molecule has 1 aromatic carbocycles. The van der Waals surface area contributed by atoms with Gasteiger partial charge in [0.1, 0.15) is 16.5 Å². The van der Waals surface area contributed by atoms with E-state index in [1.54, 1.807) is 22.9 Å². The van der Waals surface area contributed by atoms with Crippen LogP contribution in [0.2, 0.25) is 0 Å². The van der Waals surface area contributed by atoms with Crippen LogP contribution in [0, 0.1) is 0 Å². The van der Waals surface area contributed by atoms with Gasteiger partial charge in [-0.1, -0.05) is 0 Å². The zero-order valence-corrected chi connectivity index (χ0v) is 16.9. The molecule has 142 valence electrons. The molecule has 3 aromatic heterocycles. The molecule has 0 spiro atoms. The molecule has 4 N–H and O–H groups in total. The maximum absolute atomic E-state index is 11.4. The van der Waals surface area contributed by atoms with Crippen LogP contribution in [0.25, 0.3) is 20.8 Å². The number of nitrogens with two attached hydrogens (primary N) is 1. The summed E-state index contributed by atoms with van der Waals surface area (Å²) in [6.07, 6.45) is 1.75. The first-order valence-electron chi connectivity index (χ1n) is 8.62. The number of hydrogen-bond acceptors (Lipinski definition) is 8. The van der Waals surface area contributed by atoms with Crippen LogP contribution < -0.4 is 16.4 Å². The first kappa shape index (κ1) is 18.3. The van der Waals surface area contributed by atoms with E-state index in [1.807, 2.05) is 23.7 Å². The number of rotatable bonds is 6. The Labute approximate surface area is 169 Å². The highest BCUT2D eigenvalue weighted by Crippen LogP contribution is 2.33. The Morgan fingerprint density at radius 3 is 2.79 bits per heavy atom. The van der Waals surface area contributed by atoms with E-state index < -0.39 is 5.91 Å². The molecule has 4 rings (SSSR count). The van der Waals surface area contributed by atoms with Crippen molar-refractivity contribution in [2.45, 2.75) is 19.9 Å². The minimum Gasteiger partial charge on any atom is -0.382 e. The molecule has 0 radical (unpaired) electrons. The quantitative estimate of drug-likeness (QED) is 0.433. The maximum atomic E-state index is 11.4. The molecule has 1 amide bonds. The summed E-state index contributed by atoms with van der Waals surface area (Å²) in [4.78, 5) is 24.5. The number of pyridine rings is 1. The molecule has 0 saturated heterocycles. The number of nitrogens with zero attached hydrogens (tertiary/aromatic N) is 3. The zero-order valence-electron chi connectivity index (χ0n) is 15.3. The summed E-state index contributed by atoms with van der Waals surface area (Å²) in [7, 11) is 0. The standard InChI is InChI=1S/C19H18N6OS2/c1-10(2)23-14-6-17(24-11-3-4-13-16(5-11)28-9-22-13)21-7-12(14)19-25-15(8-27-19)18(20)26/h3-10H,1-2H3,(H2,20,26)(H2,21,23,24). The highest BCUT2D eigenvalue weighted by Gasteiger charge is 2.14. The van der Waals surface area contributed by atoms with Crippen molar-refractivity contribution in [2.75, 3.05) is 10.6 Å². The van der Waals surface area contributed by atoms with Gasteiger partial charge in [-0.25, -0.2) is 15.0 Å². The number of benzene rings is 1. The third-order valence-corrected chi connectivity index (χ3v) is 5.61. The van der Waals surface area contributed by atoms with Crippen LogP contribution >= 0.6 is 22.7 Å². The van der Waals surface area contributed by atoms with Crippen molar-refractivity contribution in [3.8, 4) is 10.6 Å². The number of aromatic nitrogens is 3. The number of primary amides is 1. The van der Waals surface area contributed by atoms with Crippen molar-refractivity contribution in [3.05, 3.63) is 47.0 Å². The molecule has 3 heterocycles. The van der Waals surface area contributed by atoms with Gasteiger partial charge in [0.2, 0.25) is 0 Å². The van der Waals surface area contributed by atoms with Gasteiger partial charge in [-0.05, 0) is 32.0 Å². The van der Waals surface area contributed by atoms with Crippen LogP contribution in [0.4, 0.5) is 17.2 Å². The Hall–Kier alpha value is -3.04. The molecule has 0 unspecified atom stereocenters. The molecule has 9 heteroatoms. The minimum absolute atomic E-state index is 0.220.